The molecular formula is C22H26N6O. The van der Waals surface area contributed by atoms with Crippen molar-refractivity contribution in [3.05, 3.63) is 47.3 Å². The number of hydrogen-bond donors (Lipinski definition) is 3. The normalized spacial score (nSPS) is 19.5. The Hall–Kier alpha value is -2.93. The van der Waals surface area contributed by atoms with E-state index in [2.05, 4.69) is 33.8 Å². The molecule has 2 aromatic heterocycles. The molecular weight excluding hydrogens is 364 g/mol. The lowest BCUT2D eigenvalue weighted by Gasteiger charge is -2.34. The number of piperazine rings is 1. The fourth-order valence-corrected chi connectivity index (χ4v) is 4.11. The smallest absolute Gasteiger partial charge is 0.273 e. The minimum atomic E-state index is -0.00833. The van der Waals surface area contributed by atoms with Gasteiger partial charge in [0.05, 0.1) is 0 Å². The molecule has 0 spiro atoms. The summed E-state index contributed by atoms with van der Waals surface area (Å²) >= 11 is 0. The number of hydrogen-bond acceptors (Lipinski definition) is 5. The number of fused-ring (bicyclic) bond motifs is 1. The number of H-pyrrole nitrogens is 1. The number of pyridine rings is 1. The monoisotopic (exact) mass is 390 g/mol. The number of benzene rings is 1. The molecule has 5 rings (SSSR count). The molecule has 1 atom stereocenters. The van der Waals surface area contributed by atoms with E-state index in [1.54, 1.807) is 0 Å². The number of anilines is 2. The van der Waals surface area contributed by atoms with E-state index in [-0.39, 0.29) is 11.9 Å². The summed E-state index contributed by atoms with van der Waals surface area (Å²) in [7, 11) is 0. The lowest BCUT2D eigenvalue weighted by atomic mass is 10.0. The Balaban J connectivity index is 1.55. The van der Waals surface area contributed by atoms with E-state index in [1.165, 1.54) is 12.8 Å². The van der Waals surface area contributed by atoms with Gasteiger partial charge in [0.15, 0.2) is 5.82 Å². The lowest BCUT2D eigenvalue weighted by Crippen LogP contribution is -2.52. The Kier molecular flexibility index (Phi) is 4.47. The summed E-state index contributed by atoms with van der Waals surface area (Å²) in [6, 6.07) is 10.3. The van der Waals surface area contributed by atoms with Crippen LogP contribution >= 0.6 is 0 Å². The number of nitrogens with zero attached hydrogens (tertiary/aromatic N) is 3. The van der Waals surface area contributed by atoms with Gasteiger partial charge >= 0.3 is 0 Å². The van der Waals surface area contributed by atoms with E-state index in [9.17, 15) is 4.79 Å². The molecule has 1 aromatic carbocycles. The topological polar surface area (TPSA) is 85.9 Å². The van der Waals surface area contributed by atoms with Crippen LogP contribution < -0.4 is 10.6 Å². The number of aromatic nitrogens is 3. The van der Waals surface area contributed by atoms with Crippen LogP contribution in [0.25, 0.3) is 10.8 Å². The van der Waals surface area contributed by atoms with Crippen LogP contribution in [0.3, 0.4) is 0 Å². The first-order valence-electron chi connectivity index (χ1n) is 10.3. The first-order valence-corrected chi connectivity index (χ1v) is 10.3. The maximum atomic E-state index is 13.4. The molecule has 3 heterocycles. The molecule has 0 bridgehead atoms. The van der Waals surface area contributed by atoms with Crippen LogP contribution in [0.15, 0.2) is 30.3 Å². The molecule has 3 aromatic rings. The quantitative estimate of drug-likeness (QED) is 0.636. The predicted octanol–water partition coefficient (Wildman–Crippen LogP) is 3.32. The second-order valence-corrected chi connectivity index (χ2v) is 8.14. The first kappa shape index (κ1) is 18.1. The minimum absolute atomic E-state index is 0.00833. The SMILES string of the molecule is Cc1c(C(=O)N2CCNC[C@@H]2C)nc(Nc2cc(C3CC3)[nH]n2)c2ccccc12. The molecule has 3 N–H and O–H groups in total. The van der Waals surface area contributed by atoms with Crippen molar-refractivity contribution in [2.75, 3.05) is 25.0 Å². The molecule has 7 heteroatoms. The van der Waals surface area contributed by atoms with Crippen LogP contribution in [0, 0.1) is 6.92 Å². The molecule has 7 nitrogen and oxygen atoms in total. The summed E-state index contributed by atoms with van der Waals surface area (Å²) in [6.45, 7) is 6.37. The largest absolute Gasteiger partial charge is 0.332 e. The van der Waals surface area contributed by atoms with Gasteiger partial charge in [-0.2, -0.15) is 5.10 Å². The average molecular weight is 390 g/mol. The number of aromatic amines is 1. The summed E-state index contributed by atoms with van der Waals surface area (Å²) < 4.78 is 0. The molecule has 2 aliphatic rings. The number of aryl methyl sites for hydroxylation is 1. The van der Waals surface area contributed by atoms with Crippen LogP contribution in [0.1, 0.15) is 47.4 Å². The van der Waals surface area contributed by atoms with Gasteiger partial charge in [-0.3, -0.25) is 9.89 Å². The summed E-state index contributed by atoms with van der Waals surface area (Å²) in [5.74, 6) is 2.01. The number of carbonyl (C=O) groups excluding carboxylic acids is 1. The maximum Gasteiger partial charge on any atom is 0.273 e. The number of amides is 1. The molecule has 1 saturated carbocycles. The van der Waals surface area contributed by atoms with Crippen molar-refractivity contribution in [1.82, 2.24) is 25.4 Å². The first-order chi connectivity index (χ1) is 14.1. The van der Waals surface area contributed by atoms with E-state index in [0.29, 0.717) is 24.0 Å². The minimum Gasteiger partial charge on any atom is -0.332 e. The van der Waals surface area contributed by atoms with Crippen LogP contribution in [-0.2, 0) is 0 Å². The van der Waals surface area contributed by atoms with Gasteiger partial charge in [-0.1, -0.05) is 24.3 Å². The Morgan fingerprint density at radius 3 is 2.79 bits per heavy atom. The van der Waals surface area contributed by atoms with Crippen molar-refractivity contribution in [2.45, 2.75) is 38.6 Å². The molecule has 29 heavy (non-hydrogen) atoms. The highest BCUT2D eigenvalue weighted by atomic mass is 16.2. The zero-order valence-electron chi connectivity index (χ0n) is 16.8. The van der Waals surface area contributed by atoms with Crippen LogP contribution in [0.2, 0.25) is 0 Å². The van der Waals surface area contributed by atoms with Gasteiger partial charge in [0, 0.05) is 48.7 Å². The Labute approximate surface area is 169 Å². The van der Waals surface area contributed by atoms with E-state index < -0.39 is 0 Å². The van der Waals surface area contributed by atoms with Gasteiger partial charge < -0.3 is 15.5 Å². The fourth-order valence-electron chi connectivity index (χ4n) is 4.11. The van der Waals surface area contributed by atoms with E-state index in [4.69, 9.17) is 4.98 Å². The summed E-state index contributed by atoms with van der Waals surface area (Å²) in [4.78, 5) is 20.1. The van der Waals surface area contributed by atoms with Crippen molar-refractivity contribution >= 4 is 28.3 Å². The van der Waals surface area contributed by atoms with Crippen molar-refractivity contribution in [3.63, 3.8) is 0 Å². The molecule has 1 aliphatic heterocycles. The maximum absolute atomic E-state index is 13.4. The second kappa shape index (κ2) is 7.15. The third-order valence-corrected chi connectivity index (χ3v) is 5.99. The Bertz CT molecular complexity index is 1070. The number of rotatable bonds is 4. The highest BCUT2D eigenvalue weighted by Crippen LogP contribution is 2.40. The number of carbonyl (C=O) groups is 1. The van der Waals surface area contributed by atoms with Gasteiger partial charge in [-0.25, -0.2) is 4.98 Å². The molecule has 0 unspecified atom stereocenters. The van der Waals surface area contributed by atoms with E-state index >= 15 is 0 Å². The fraction of sp³-hybridized carbons (Fsp3) is 0.409. The number of nitrogens with one attached hydrogen (secondary N) is 3. The van der Waals surface area contributed by atoms with Gasteiger partial charge in [0.25, 0.3) is 5.91 Å². The predicted molar refractivity (Wildman–Crippen MR) is 114 cm³/mol. The van der Waals surface area contributed by atoms with Crippen LogP contribution in [0.4, 0.5) is 11.6 Å². The summed E-state index contributed by atoms with van der Waals surface area (Å²) in [5.41, 5.74) is 2.59. The third-order valence-electron chi connectivity index (χ3n) is 5.99. The lowest BCUT2D eigenvalue weighted by molar-refractivity contribution is 0.0649. The highest BCUT2D eigenvalue weighted by molar-refractivity contribution is 6.03. The average Bonchev–Trinajstić information content (AvgIpc) is 3.49. The molecule has 2 fully saturated rings. The van der Waals surface area contributed by atoms with Crippen LogP contribution in [0.5, 0.6) is 0 Å². The summed E-state index contributed by atoms with van der Waals surface area (Å²) in [5, 5.41) is 16.2. The van der Waals surface area contributed by atoms with Gasteiger partial charge in [-0.15, -0.1) is 0 Å². The van der Waals surface area contributed by atoms with Gasteiger partial charge in [0.1, 0.15) is 11.5 Å². The molecule has 150 valence electrons. The van der Waals surface area contributed by atoms with E-state index in [0.717, 1.165) is 40.9 Å². The zero-order valence-corrected chi connectivity index (χ0v) is 16.8. The molecule has 1 aliphatic carbocycles. The van der Waals surface area contributed by atoms with Crippen LogP contribution in [-0.4, -0.2) is 51.7 Å². The second-order valence-electron chi connectivity index (χ2n) is 8.14. The zero-order chi connectivity index (χ0) is 20.0. The van der Waals surface area contributed by atoms with Crippen molar-refractivity contribution in [1.29, 1.82) is 0 Å². The van der Waals surface area contributed by atoms with Gasteiger partial charge in [0.2, 0.25) is 0 Å². The van der Waals surface area contributed by atoms with Gasteiger partial charge in [-0.05, 0) is 37.6 Å². The third kappa shape index (κ3) is 3.35. The summed E-state index contributed by atoms with van der Waals surface area (Å²) in [6.07, 6.45) is 2.43. The van der Waals surface area contributed by atoms with Crippen molar-refractivity contribution in [3.8, 4) is 0 Å². The Morgan fingerprint density at radius 2 is 2.03 bits per heavy atom. The van der Waals surface area contributed by atoms with E-state index in [1.807, 2.05) is 36.1 Å². The van der Waals surface area contributed by atoms with Crippen molar-refractivity contribution in [2.24, 2.45) is 0 Å². The highest BCUT2D eigenvalue weighted by Gasteiger charge is 2.28. The molecule has 1 amide bonds. The molecule has 0 radical (unpaired) electrons. The molecule has 1 saturated heterocycles. The van der Waals surface area contributed by atoms with Crippen molar-refractivity contribution < 1.29 is 4.79 Å². The Morgan fingerprint density at radius 1 is 1.24 bits per heavy atom. The standard InChI is InChI=1S/C22H26N6O/c1-13-12-23-9-10-28(13)22(29)20-14(2)16-5-3-4-6-17(16)21(25-20)24-19-11-18(26-27-19)15-7-8-15/h3-6,11,13,15,23H,7-10,12H2,1-2H3,(H2,24,25,26,27)/t13-/m0/s1.